The Balaban J connectivity index is 1.77. The van der Waals surface area contributed by atoms with Crippen LogP contribution in [0.5, 0.6) is 0 Å². The minimum Gasteiger partial charge on any atom is -0.352 e. The number of halogens is 1. The molecule has 2 aromatic rings. The molecule has 0 aliphatic heterocycles. The Morgan fingerprint density at radius 1 is 1.07 bits per heavy atom. The highest BCUT2D eigenvalue weighted by Gasteiger charge is 2.22. The third kappa shape index (κ3) is 5.52. The first-order chi connectivity index (χ1) is 13.8. The van der Waals surface area contributed by atoms with Crippen molar-refractivity contribution in [2.45, 2.75) is 50.8 Å². The lowest BCUT2D eigenvalue weighted by atomic mass is 9.89. The van der Waals surface area contributed by atoms with E-state index in [9.17, 15) is 13.2 Å². The average molecular weight is 435 g/mol. The van der Waals surface area contributed by atoms with Gasteiger partial charge in [0.15, 0.2) is 0 Å². The first-order valence-corrected chi connectivity index (χ1v) is 11.8. The molecule has 0 aromatic heterocycles. The Morgan fingerprint density at radius 2 is 1.79 bits per heavy atom. The standard InChI is InChI=1S/C22H27ClN2O3S/c1-15-8-11-20(16(2)12-15)25-29(27,28)21-13-18(9-10-19(21)23)22(26)24-14-17-6-4-3-5-7-17/h8-13,17,25H,3-7,14H2,1-2H3,(H,24,26). The fourth-order valence-electron chi connectivity index (χ4n) is 3.71. The number of benzene rings is 2. The van der Waals surface area contributed by atoms with Crippen molar-refractivity contribution in [1.29, 1.82) is 0 Å². The second-order valence-corrected chi connectivity index (χ2v) is 9.84. The zero-order chi connectivity index (χ0) is 21.0. The summed E-state index contributed by atoms with van der Waals surface area (Å²) in [4.78, 5) is 12.5. The van der Waals surface area contributed by atoms with E-state index >= 15 is 0 Å². The van der Waals surface area contributed by atoms with Crippen molar-refractivity contribution in [2.24, 2.45) is 5.92 Å². The van der Waals surface area contributed by atoms with Crippen LogP contribution in [-0.4, -0.2) is 20.9 Å². The minimum absolute atomic E-state index is 0.0751. The Morgan fingerprint density at radius 3 is 2.48 bits per heavy atom. The highest BCUT2D eigenvalue weighted by atomic mass is 35.5. The van der Waals surface area contributed by atoms with Gasteiger partial charge in [0.25, 0.3) is 15.9 Å². The van der Waals surface area contributed by atoms with E-state index in [1.165, 1.54) is 31.4 Å². The van der Waals surface area contributed by atoms with E-state index in [0.29, 0.717) is 18.2 Å². The van der Waals surface area contributed by atoms with Crippen LogP contribution in [0.1, 0.15) is 53.6 Å². The lowest BCUT2D eigenvalue weighted by Gasteiger charge is -2.21. The number of rotatable bonds is 6. The Bertz CT molecular complexity index is 999. The molecular formula is C22H27ClN2O3S. The van der Waals surface area contributed by atoms with Crippen LogP contribution < -0.4 is 10.0 Å². The maximum absolute atomic E-state index is 12.9. The van der Waals surface area contributed by atoms with Gasteiger partial charge < -0.3 is 5.32 Å². The van der Waals surface area contributed by atoms with Crippen LogP contribution in [0.15, 0.2) is 41.3 Å². The van der Waals surface area contributed by atoms with Crippen LogP contribution in [0, 0.1) is 19.8 Å². The van der Waals surface area contributed by atoms with Crippen LogP contribution in [0.25, 0.3) is 0 Å². The van der Waals surface area contributed by atoms with Crippen molar-refractivity contribution in [1.82, 2.24) is 5.32 Å². The van der Waals surface area contributed by atoms with Crippen molar-refractivity contribution in [3.05, 3.63) is 58.1 Å². The predicted molar refractivity (Wildman–Crippen MR) is 117 cm³/mol. The average Bonchev–Trinajstić information content (AvgIpc) is 2.69. The summed E-state index contributed by atoms with van der Waals surface area (Å²) in [6.45, 7) is 4.39. The summed E-state index contributed by atoms with van der Waals surface area (Å²) in [5.41, 5.74) is 2.62. The zero-order valence-corrected chi connectivity index (χ0v) is 18.4. The summed E-state index contributed by atoms with van der Waals surface area (Å²) in [7, 11) is -3.93. The molecule has 156 valence electrons. The van der Waals surface area contributed by atoms with Crippen molar-refractivity contribution >= 4 is 33.2 Å². The summed E-state index contributed by atoms with van der Waals surface area (Å²) < 4.78 is 28.4. The molecule has 5 nitrogen and oxygen atoms in total. The van der Waals surface area contributed by atoms with E-state index in [4.69, 9.17) is 11.6 Å². The van der Waals surface area contributed by atoms with Gasteiger partial charge in [-0.25, -0.2) is 8.42 Å². The number of carbonyl (C=O) groups is 1. The molecule has 3 rings (SSSR count). The summed E-state index contributed by atoms with van der Waals surface area (Å²) in [5, 5.41) is 3.01. The van der Waals surface area contributed by atoms with Crippen molar-refractivity contribution in [2.75, 3.05) is 11.3 Å². The van der Waals surface area contributed by atoms with Gasteiger partial charge in [-0.2, -0.15) is 0 Å². The molecule has 1 fully saturated rings. The van der Waals surface area contributed by atoms with Gasteiger partial charge in [-0.15, -0.1) is 0 Å². The lowest BCUT2D eigenvalue weighted by molar-refractivity contribution is 0.0943. The van der Waals surface area contributed by atoms with Gasteiger partial charge in [0.05, 0.1) is 10.7 Å². The van der Waals surface area contributed by atoms with E-state index < -0.39 is 10.0 Å². The van der Waals surface area contributed by atoms with Gasteiger partial charge in [-0.1, -0.05) is 48.6 Å². The quantitative estimate of drug-likeness (QED) is 0.666. The van der Waals surface area contributed by atoms with E-state index in [1.54, 1.807) is 12.1 Å². The molecule has 1 saturated carbocycles. The number of nitrogens with one attached hydrogen (secondary N) is 2. The number of carbonyl (C=O) groups excluding carboxylic acids is 1. The van der Waals surface area contributed by atoms with E-state index in [2.05, 4.69) is 10.0 Å². The molecule has 0 spiro atoms. The Labute approximate surface area is 177 Å². The van der Waals surface area contributed by atoms with E-state index in [0.717, 1.165) is 24.0 Å². The molecule has 2 aromatic carbocycles. The van der Waals surface area contributed by atoms with Crippen LogP contribution in [0.3, 0.4) is 0 Å². The summed E-state index contributed by atoms with van der Waals surface area (Å²) in [6, 6.07) is 9.79. The predicted octanol–water partition coefficient (Wildman–Crippen LogP) is 5.07. The smallest absolute Gasteiger partial charge is 0.263 e. The number of sulfonamides is 1. The number of anilines is 1. The molecule has 0 unspecified atom stereocenters. The number of amides is 1. The van der Waals surface area contributed by atoms with E-state index in [-0.39, 0.29) is 21.4 Å². The third-order valence-electron chi connectivity index (χ3n) is 5.39. The van der Waals surface area contributed by atoms with Crippen LogP contribution in [0.4, 0.5) is 5.69 Å². The van der Waals surface area contributed by atoms with Crippen molar-refractivity contribution in [3.63, 3.8) is 0 Å². The SMILES string of the molecule is Cc1ccc(NS(=O)(=O)c2cc(C(=O)NCC3CCCCC3)ccc2Cl)c(C)c1. The molecule has 0 heterocycles. The van der Waals surface area contributed by atoms with Gasteiger partial charge in [0.2, 0.25) is 0 Å². The number of hydrogen-bond donors (Lipinski definition) is 2. The fourth-order valence-corrected chi connectivity index (χ4v) is 5.37. The normalized spacial score (nSPS) is 15.1. The largest absolute Gasteiger partial charge is 0.352 e. The summed E-state index contributed by atoms with van der Waals surface area (Å²) in [6.07, 6.45) is 5.92. The van der Waals surface area contributed by atoms with Crippen molar-refractivity contribution < 1.29 is 13.2 Å². The second-order valence-electron chi connectivity index (χ2n) is 7.78. The van der Waals surface area contributed by atoms with Gasteiger partial charge in [-0.3, -0.25) is 9.52 Å². The molecule has 2 N–H and O–H groups in total. The van der Waals surface area contributed by atoms with Crippen LogP contribution >= 0.6 is 11.6 Å². The molecule has 29 heavy (non-hydrogen) atoms. The Hall–Kier alpha value is -2.05. The first-order valence-electron chi connectivity index (χ1n) is 9.94. The summed E-state index contributed by atoms with van der Waals surface area (Å²) >= 11 is 6.16. The van der Waals surface area contributed by atoms with Crippen molar-refractivity contribution in [3.8, 4) is 0 Å². The highest BCUT2D eigenvalue weighted by molar-refractivity contribution is 7.92. The van der Waals surface area contributed by atoms with Gasteiger partial charge in [0.1, 0.15) is 4.90 Å². The fraction of sp³-hybridized carbons (Fsp3) is 0.409. The second kappa shape index (κ2) is 9.18. The molecule has 1 aliphatic carbocycles. The monoisotopic (exact) mass is 434 g/mol. The molecule has 7 heteroatoms. The van der Waals surface area contributed by atoms with Crippen LogP contribution in [-0.2, 0) is 10.0 Å². The number of hydrogen-bond acceptors (Lipinski definition) is 3. The molecule has 0 atom stereocenters. The minimum atomic E-state index is -3.93. The molecule has 0 radical (unpaired) electrons. The number of aryl methyl sites for hydroxylation is 2. The maximum Gasteiger partial charge on any atom is 0.263 e. The van der Waals surface area contributed by atoms with Gasteiger partial charge >= 0.3 is 0 Å². The Kier molecular flexibility index (Phi) is 6.85. The zero-order valence-electron chi connectivity index (χ0n) is 16.8. The molecule has 1 aliphatic rings. The third-order valence-corrected chi connectivity index (χ3v) is 7.23. The summed E-state index contributed by atoms with van der Waals surface area (Å²) in [5.74, 6) is 0.213. The highest BCUT2D eigenvalue weighted by Crippen LogP contribution is 2.27. The molecular weight excluding hydrogens is 408 g/mol. The van der Waals surface area contributed by atoms with Gasteiger partial charge in [-0.05, 0) is 62.4 Å². The molecule has 1 amide bonds. The topological polar surface area (TPSA) is 75.3 Å². The van der Waals surface area contributed by atoms with Crippen LogP contribution in [0.2, 0.25) is 5.02 Å². The molecule has 0 saturated heterocycles. The maximum atomic E-state index is 12.9. The lowest BCUT2D eigenvalue weighted by Crippen LogP contribution is -2.30. The van der Waals surface area contributed by atoms with E-state index in [1.807, 2.05) is 26.0 Å². The first kappa shape index (κ1) is 21.7. The van der Waals surface area contributed by atoms with Gasteiger partial charge in [0, 0.05) is 12.1 Å². The molecule has 0 bridgehead atoms.